The summed E-state index contributed by atoms with van der Waals surface area (Å²) in [4.78, 5) is 28.3. The van der Waals surface area contributed by atoms with Gasteiger partial charge in [-0.3, -0.25) is 14.6 Å². The molecule has 0 radical (unpaired) electrons. The van der Waals surface area contributed by atoms with Crippen molar-refractivity contribution in [1.29, 1.82) is 0 Å². The second-order valence-electron chi connectivity index (χ2n) is 5.56. The highest BCUT2D eigenvalue weighted by atomic mass is 16.2. The molecule has 2 aromatic rings. The molecule has 0 saturated carbocycles. The fourth-order valence-corrected chi connectivity index (χ4v) is 2.06. The van der Waals surface area contributed by atoms with Gasteiger partial charge < -0.3 is 10.6 Å². The summed E-state index contributed by atoms with van der Waals surface area (Å²) in [6, 6.07) is 10.8. The zero-order valence-corrected chi connectivity index (χ0v) is 13.6. The number of nitrogens with one attached hydrogen (secondary N) is 2. The summed E-state index contributed by atoms with van der Waals surface area (Å²) in [7, 11) is 0. The molecule has 23 heavy (non-hydrogen) atoms. The molecular weight excluding hydrogens is 290 g/mol. The fourth-order valence-electron chi connectivity index (χ4n) is 2.06. The highest BCUT2D eigenvalue weighted by Gasteiger charge is 2.12. The van der Waals surface area contributed by atoms with Crippen molar-refractivity contribution in [3.63, 3.8) is 0 Å². The summed E-state index contributed by atoms with van der Waals surface area (Å²) < 4.78 is 0. The van der Waals surface area contributed by atoms with Crippen molar-refractivity contribution in [3.05, 3.63) is 59.4 Å². The lowest BCUT2D eigenvalue weighted by Crippen LogP contribution is -2.30. The summed E-state index contributed by atoms with van der Waals surface area (Å²) >= 11 is 0. The number of pyridine rings is 1. The molecule has 0 bridgehead atoms. The number of amides is 2. The van der Waals surface area contributed by atoms with Gasteiger partial charge in [-0.05, 0) is 50.1 Å². The second kappa shape index (κ2) is 7.54. The summed E-state index contributed by atoms with van der Waals surface area (Å²) in [6.07, 6.45) is 2.41. The van der Waals surface area contributed by atoms with E-state index >= 15 is 0 Å². The molecule has 0 saturated heterocycles. The first-order valence-electron chi connectivity index (χ1n) is 7.66. The largest absolute Gasteiger partial charge is 0.350 e. The number of aryl methyl sites for hydroxylation is 1. The van der Waals surface area contributed by atoms with Crippen LogP contribution in [-0.4, -0.2) is 22.8 Å². The quantitative estimate of drug-likeness (QED) is 0.891. The molecule has 1 aromatic heterocycles. The van der Waals surface area contributed by atoms with Crippen LogP contribution < -0.4 is 10.6 Å². The maximum Gasteiger partial charge on any atom is 0.274 e. The average Bonchev–Trinajstić information content (AvgIpc) is 2.55. The van der Waals surface area contributed by atoms with E-state index in [0.29, 0.717) is 11.3 Å². The first-order chi connectivity index (χ1) is 11.0. The van der Waals surface area contributed by atoms with E-state index < -0.39 is 0 Å². The van der Waals surface area contributed by atoms with Gasteiger partial charge in [0.2, 0.25) is 0 Å². The Morgan fingerprint density at radius 1 is 1.09 bits per heavy atom. The lowest BCUT2D eigenvalue weighted by atomic mass is 10.1. The van der Waals surface area contributed by atoms with Crippen LogP contribution >= 0.6 is 0 Å². The monoisotopic (exact) mass is 311 g/mol. The number of nitrogens with zero attached hydrogens (tertiary/aromatic N) is 1. The molecule has 2 amide bonds. The number of carbonyl (C=O) groups is 2. The minimum Gasteiger partial charge on any atom is -0.350 e. The zero-order chi connectivity index (χ0) is 16.8. The van der Waals surface area contributed by atoms with Gasteiger partial charge in [-0.2, -0.15) is 0 Å². The molecule has 2 rings (SSSR count). The number of rotatable bonds is 5. The topological polar surface area (TPSA) is 71.1 Å². The van der Waals surface area contributed by atoms with Gasteiger partial charge in [-0.15, -0.1) is 0 Å². The minimum absolute atomic E-state index is 0.0324. The van der Waals surface area contributed by atoms with Crippen LogP contribution in [0.4, 0.5) is 5.69 Å². The lowest BCUT2D eigenvalue weighted by Gasteiger charge is -2.09. The number of anilines is 1. The van der Waals surface area contributed by atoms with Crippen molar-refractivity contribution in [3.8, 4) is 0 Å². The number of hydrogen-bond donors (Lipinski definition) is 2. The minimum atomic E-state index is -0.339. The van der Waals surface area contributed by atoms with Gasteiger partial charge in [0, 0.05) is 23.5 Å². The highest BCUT2D eigenvalue weighted by molar-refractivity contribution is 6.04. The third-order valence-corrected chi connectivity index (χ3v) is 3.29. The fraction of sp³-hybridized carbons (Fsp3) is 0.278. The number of aromatic nitrogens is 1. The molecule has 0 aliphatic carbocycles. The maximum absolute atomic E-state index is 12.3. The molecule has 1 heterocycles. The van der Waals surface area contributed by atoms with Crippen molar-refractivity contribution in [2.75, 3.05) is 5.32 Å². The normalized spacial score (nSPS) is 10.4. The average molecular weight is 311 g/mol. The standard InChI is InChI=1S/C18H21N3O2/c1-4-13-5-7-15(8-6-13)21-18(23)16-11-14(9-10-19-16)17(22)20-12(2)3/h5-12H,4H2,1-3H3,(H,20,22)(H,21,23). The smallest absolute Gasteiger partial charge is 0.274 e. The molecule has 0 unspecified atom stereocenters. The predicted molar refractivity (Wildman–Crippen MR) is 90.6 cm³/mol. The Balaban J connectivity index is 2.11. The van der Waals surface area contributed by atoms with Crippen LogP contribution in [-0.2, 0) is 6.42 Å². The van der Waals surface area contributed by atoms with Crippen LogP contribution in [0.25, 0.3) is 0 Å². The molecule has 0 aliphatic heterocycles. The molecule has 0 fully saturated rings. The van der Waals surface area contributed by atoms with E-state index in [1.807, 2.05) is 38.1 Å². The van der Waals surface area contributed by atoms with Crippen molar-refractivity contribution in [2.24, 2.45) is 0 Å². The molecule has 5 heteroatoms. The van der Waals surface area contributed by atoms with Gasteiger partial charge in [0.25, 0.3) is 11.8 Å². The summed E-state index contributed by atoms with van der Waals surface area (Å²) in [5, 5.41) is 5.57. The zero-order valence-electron chi connectivity index (χ0n) is 13.6. The molecule has 0 spiro atoms. The molecular formula is C18H21N3O2. The molecule has 0 atom stereocenters. The van der Waals surface area contributed by atoms with Gasteiger partial charge in [0.15, 0.2) is 0 Å². The van der Waals surface area contributed by atoms with Crippen molar-refractivity contribution >= 4 is 17.5 Å². The number of carbonyl (C=O) groups excluding carboxylic acids is 2. The summed E-state index contributed by atoms with van der Waals surface area (Å²) in [5.74, 6) is -0.558. The highest BCUT2D eigenvalue weighted by Crippen LogP contribution is 2.12. The Morgan fingerprint density at radius 2 is 1.78 bits per heavy atom. The van der Waals surface area contributed by atoms with Crippen LogP contribution in [0.3, 0.4) is 0 Å². The Labute approximate surface area is 136 Å². The predicted octanol–water partition coefficient (Wildman–Crippen LogP) is 3.03. The molecule has 1 aromatic carbocycles. The van der Waals surface area contributed by atoms with Gasteiger partial charge in [-0.1, -0.05) is 19.1 Å². The molecule has 2 N–H and O–H groups in total. The lowest BCUT2D eigenvalue weighted by molar-refractivity contribution is 0.0943. The van der Waals surface area contributed by atoms with E-state index in [0.717, 1.165) is 6.42 Å². The third-order valence-electron chi connectivity index (χ3n) is 3.29. The van der Waals surface area contributed by atoms with E-state index in [1.165, 1.54) is 17.8 Å². The van der Waals surface area contributed by atoms with Gasteiger partial charge >= 0.3 is 0 Å². The first kappa shape index (κ1) is 16.7. The van der Waals surface area contributed by atoms with E-state index in [4.69, 9.17) is 0 Å². The Morgan fingerprint density at radius 3 is 2.39 bits per heavy atom. The van der Waals surface area contributed by atoms with Crippen molar-refractivity contribution in [1.82, 2.24) is 10.3 Å². The molecule has 0 aliphatic rings. The second-order valence-corrected chi connectivity index (χ2v) is 5.56. The number of benzene rings is 1. The van der Waals surface area contributed by atoms with Gasteiger partial charge in [0.1, 0.15) is 5.69 Å². The Bertz CT molecular complexity index is 694. The third kappa shape index (κ3) is 4.64. The summed E-state index contributed by atoms with van der Waals surface area (Å²) in [5.41, 5.74) is 2.53. The van der Waals surface area contributed by atoms with Crippen LogP contribution in [0.15, 0.2) is 42.6 Å². The summed E-state index contributed by atoms with van der Waals surface area (Å²) in [6.45, 7) is 5.84. The van der Waals surface area contributed by atoms with Crippen LogP contribution in [0.2, 0.25) is 0 Å². The van der Waals surface area contributed by atoms with Crippen LogP contribution in [0, 0.1) is 0 Å². The van der Waals surface area contributed by atoms with Crippen molar-refractivity contribution < 1.29 is 9.59 Å². The molecule has 5 nitrogen and oxygen atoms in total. The van der Waals surface area contributed by atoms with E-state index in [-0.39, 0.29) is 23.6 Å². The molecule has 120 valence electrons. The van der Waals surface area contributed by atoms with Gasteiger partial charge in [-0.25, -0.2) is 0 Å². The first-order valence-corrected chi connectivity index (χ1v) is 7.66. The number of hydrogen-bond acceptors (Lipinski definition) is 3. The van der Waals surface area contributed by atoms with Crippen molar-refractivity contribution in [2.45, 2.75) is 33.2 Å². The SMILES string of the molecule is CCc1ccc(NC(=O)c2cc(C(=O)NC(C)C)ccn2)cc1. The van der Waals surface area contributed by atoms with E-state index in [9.17, 15) is 9.59 Å². The van der Waals surface area contributed by atoms with E-state index in [2.05, 4.69) is 22.5 Å². The Hall–Kier alpha value is -2.69. The maximum atomic E-state index is 12.3. The van der Waals surface area contributed by atoms with Crippen LogP contribution in [0.1, 0.15) is 47.2 Å². The van der Waals surface area contributed by atoms with Crippen LogP contribution in [0.5, 0.6) is 0 Å². The van der Waals surface area contributed by atoms with Gasteiger partial charge in [0.05, 0.1) is 0 Å². The Kier molecular flexibility index (Phi) is 5.46. The van der Waals surface area contributed by atoms with E-state index in [1.54, 1.807) is 6.07 Å².